The Morgan fingerprint density at radius 3 is 2.72 bits per heavy atom. The average molecular weight is 249 g/mol. The predicted octanol–water partition coefficient (Wildman–Crippen LogP) is 2.05. The van der Waals surface area contributed by atoms with Gasteiger partial charge in [0.05, 0.1) is 18.8 Å². The lowest BCUT2D eigenvalue weighted by Gasteiger charge is -2.38. The van der Waals surface area contributed by atoms with Gasteiger partial charge in [0.25, 0.3) is 0 Å². The number of benzene rings is 1. The van der Waals surface area contributed by atoms with Gasteiger partial charge in [-0.05, 0) is 25.8 Å². The zero-order chi connectivity index (χ0) is 13.0. The van der Waals surface area contributed by atoms with Crippen LogP contribution in [0.25, 0.3) is 0 Å². The van der Waals surface area contributed by atoms with Gasteiger partial charge in [0, 0.05) is 19.1 Å². The first kappa shape index (κ1) is 13.5. The number of hydrogen-bond acceptors (Lipinski definition) is 3. The summed E-state index contributed by atoms with van der Waals surface area (Å²) in [5.74, 6) is 0. The van der Waals surface area contributed by atoms with Crippen molar-refractivity contribution in [1.29, 1.82) is 0 Å². The highest BCUT2D eigenvalue weighted by molar-refractivity contribution is 5.13. The minimum absolute atomic E-state index is 0.0682. The van der Waals surface area contributed by atoms with E-state index < -0.39 is 0 Å². The first-order chi connectivity index (χ1) is 8.66. The van der Waals surface area contributed by atoms with Crippen LogP contribution in [0.1, 0.15) is 25.8 Å². The molecule has 0 bridgehead atoms. The van der Waals surface area contributed by atoms with Gasteiger partial charge in [-0.2, -0.15) is 0 Å². The lowest BCUT2D eigenvalue weighted by atomic mass is 10.0. The summed E-state index contributed by atoms with van der Waals surface area (Å²) in [6, 6.07) is 10.6. The molecule has 1 aliphatic rings. The molecule has 1 N–H and O–H groups in total. The summed E-state index contributed by atoms with van der Waals surface area (Å²) in [4.78, 5) is 2.36. The van der Waals surface area contributed by atoms with E-state index in [9.17, 15) is 5.11 Å². The van der Waals surface area contributed by atoms with Crippen LogP contribution in [0.4, 0.5) is 0 Å². The molecule has 1 aromatic carbocycles. The van der Waals surface area contributed by atoms with Gasteiger partial charge >= 0.3 is 0 Å². The SMILES string of the molecule is CC(C)N1CC[C@@H](O)[C@@H](OCc2ccccc2)C1. The van der Waals surface area contributed by atoms with E-state index in [0.29, 0.717) is 12.6 Å². The number of rotatable bonds is 4. The third kappa shape index (κ3) is 3.55. The lowest BCUT2D eigenvalue weighted by Crippen LogP contribution is -2.50. The second-order valence-corrected chi connectivity index (χ2v) is 5.28. The smallest absolute Gasteiger partial charge is 0.0965 e. The number of likely N-dealkylation sites (tertiary alicyclic amines) is 1. The van der Waals surface area contributed by atoms with Gasteiger partial charge < -0.3 is 9.84 Å². The molecule has 100 valence electrons. The van der Waals surface area contributed by atoms with Crippen LogP contribution in [0.5, 0.6) is 0 Å². The van der Waals surface area contributed by atoms with E-state index in [1.807, 2.05) is 18.2 Å². The molecule has 2 atom stereocenters. The summed E-state index contributed by atoms with van der Waals surface area (Å²) in [6.07, 6.45) is 0.405. The van der Waals surface area contributed by atoms with Crippen molar-refractivity contribution < 1.29 is 9.84 Å². The normalized spacial score (nSPS) is 25.6. The molecule has 0 aromatic heterocycles. The summed E-state index contributed by atoms with van der Waals surface area (Å²) < 4.78 is 5.87. The highest BCUT2D eigenvalue weighted by atomic mass is 16.5. The number of hydrogen-bond donors (Lipinski definition) is 1. The van der Waals surface area contributed by atoms with Gasteiger partial charge in [0.2, 0.25) is 0 Å². The molecule has 0 amide bonds. The molecular formula is C15H23NO2. The van der Waals surface area contributed by atoms with Crippen LogP contribution in [0, 0.1) is 0 Å². The molecule has 0 spiro atoms. The average Bonchev–Trinajstić information content (AvgIpc) is 2.38. The number of piperidine rings is 1. The van der Waals surface area contributed by atoms with Crippen LogP contribution in [0.3, 0.4) is 0 Å². The number of ether oxygens (including phenoxy) is 1. The maximum absolute atomic E-state index is 9.99. The van der Waals surface area contributed by atoms with E-state index >= 15 is 0 Å². The maximum Gasteiger partial charge on any atom is 0.0965 e. The number of aliphatic hydroxyl groups is 1. The van der Waals surface area contributed by atoms with Crippen molar-refractivity contribution in [2.24, 2.45) is 0 Å². The minimum atomic E-state index is -0.330. The molecule has 18 heavy (non-hydrogen) atoms. The van der Waals surface area contributed by atoms with Crippen LogP contribution in [-0.2, 0) is 11.3 Å². The number of nitrogens with zero attached hydrogens (tertiary/aromatic N) is 1. The summed E-state index contributed by atoms with van der Waals surface area (Å²) in [6.45, 7) is 6.74. The fourth-order valence-electron chi connectivity index (χ4n) is 2.34. The Morgan fingerprint density at radius 2 is 2.06 bits per heavy atom. The Bertz CT molecular complexity index is 353. The van der Waals surface area contributed by atoms with Gasteiger partial charge in [-0.1, -0.05) is 30.3 Å². The molecule has 1 aromatic rings. The van der Waals surface area contributed by atoms with Crippen molar-refractivity contribution in [3.8, 4) is 0 Å². The molecule has 0 radical (unpaired) electrons. The predicted molar refractivity (Wildman–Crippen MR) is 72.4 cm³/mol. The highest BCUT2D eigenvalue weighted by Crippen LogP contribution is 2.17. The van der Waals surface area contributed by atoms with E-state index in [1.54, 1.807) is 0 Å². The van der Waals surface area contributed by atoms with Crippen molar-refractivity contribution in [3.05, 3.63) is 35.9 Å². The zero-order valence-electron chi connectivity index (χ0n) is 11.2. The fourth-order valence-corrected chi connectivity index (χ4v) is 2.34. The van der Waals surface area contributed by atoms with E-state index in [-0.39, 0.29) is 12.2 Å². The molecule has 0 saturated carbocycles. The second-order valence-electron chi connectivity index (χ2n) is 5.28. The summed E-state index contributed by atoms with van der Waals surface area (Å²) >= 11 is 0. The monoisotopic (exact) mass is 249 g/mol. The van der Waals surface area contributed by atoms with Crippen molar-refractivity contribution >= 4 is 0 Å². The van der Waals surface area contributed by atoms with Crippen LogP contribution >= 0.6 is 0 Å². The van der Waals surface area contributed by atoms with E-state index in [2.05, 4.69) is 30.9 Å². The quantitative estimate of drug-likeness (QED) is 0.886. The molecule has 2 rings (SSSR count). The zero-order valence-corrected chi connectivity index (χ0v) is 11.2. The molecule has 1 saturated heterocycles. The Hall–Kier alpha value is -0.900. The number of aliphatic hydroxyl groups excluding tert-OH is 1. The first-order valence-electron chi connectivity index (χ1n) is 6.74. The maximum atomic E-state index is 9.99. The Labute approximate surface area is 109 Å². The molecule has 0 unspecified atom stereocenters. The first-order valence-corrected chi connectivity index (χ1v) is 6.74. The molecule has 0 aliphatic carbocycles. The van der Waals surface area contributed by atoms with Crippen LogP contribution in [-0.4, -0.2) is 41.3 Å². The Morgan fingerprint density at radius 1 is 1.33 bits per heavy atom. The van der Waals surface area contributed by atoms with Crippen molar-refractivity contribution in [1.82, 2.24) is 4.90 Å². The van der Waals surface area contributed by atoms with Crippen LogP contribution in [0.15, 0.2) is 30.3 Å². The second kappa shape index (κ2) is 6.32. The molecule has 3 heteroatoms. The molecule has 1 heterocycles. The molecule has 1 aliphatic heterocycles. The Kier molecular flexibility index (Phi) is 4.75. The third-order valence-electron chi connectivity index (χ3n) is 3.59. The van der Waals surface area contributed by atoms with Gasteiger partial charge in [-0.3, -0.25) is 4.90 Å². The third-order valence-corrected chi connectivity index (χ3v) is 3.59. The lowest BCUT2D eigenvalue weighted by molar-refractivity contribution is -0.0913. The summed E-state index contributed by atoms with van der Waals surface area (Å²) in [5.41, 5.74) is 1.16. The van der Waals surface area contributed by atoms with Crippen molar-refractivity contribution in [2.45, 2.75) is 45.1 Å². The standard InChI is InChI=1S/C15H23NO2/c1-12(2)16-9-8-14(17)15(10-16)18-11-13-6-4-3-5-7-13/h3-7,12,14-15,17H,8-11H2,1-2H3/t14-,15+/m1/s1. The largest absolute Gasteiger partial charge is 0.390 e. The van der Waals surface area contributed by atoms with E-state index in [0.717, 1.165) is 25.1 Å². The van der Waals surface area contributed by atoms with Gasteiger partial charge in [0.15, 0.2) is 0 Å². The van der Waals surface area contributed by atoms with Gasteiger partial charge in [-0.15, -0.1) is 0 Å². The van der Waals surface area contributed by atoms with E-state index in [1.165, 1.54) is 0 Å². The molecular weight excluding hydrogens is 226 g/mol. The van der Waals surface area contributed by atoms with Crippen LogP contribution < -0.4 is 0 Å². The van der Waals surface area contributed by atoms with Gasteiger partial charge in [-0.25, -0.2) is 0 Å². The highest BCUT2D eigenvalue weighted by Gasteiger charge is 2.29. The fraction of sp³-hybridized carbons (Fsp3) is 0.600. The minimum Gasteiger partial charge on any atom is -0.390 e. The Balaban J connectivity index is 1.87. The van der Waals surface area contributed by atoms with Crippen molar-refractivity contribution in [2.75, 3.05) is 13.1 Å². The van der Waals surface area contributed by atoms with E-state index in [4.69, 9.17) is 4.74 Å². The van der Waals surface area contributed by atoms with Gasteiger partial charge in [0.1, 0.15) is 0 Å². The van der Waals surface area contributed by atoms with Crippen LogP contribution in [0.2, 0.25) is 0 Å². The molecule has 1 fully saturated rings. The summed E-state index contributed by atoms with van der Waals surface area (Å²) in [5, 5.41) is 9.99. The molecule has 3 nitrogen and oxygen atoms in total. The topological polar surface area (TPSA) is 32.7 Å². The van der Waals surface area contributed by atoms with Crippen molar-refractivity contribution in [3.63, 3.8) is 0 Å². The summed E-state index contributed by atoms with van der Waals surface area (Å²) in [7, 11) is 0.